The second kappa shape index (κ2) is 9.59. The molecule has 0 saturated carbocycles. The van der Waals surface area contributed by atoms with Gasteiger partial charge in [0.05, 0.1) is 11.5 Å². The molecule has 4 nitrogen and oxygen atoms in total. The van der Waals surface area contributed by atoms with Crippen LogP contribution in [0.15, 0.2) is 35.2 Å². The summed E-state index contributed by atoms with van der Waals surface area (Å²) in [6.07, 6.45) is 4.65. The molecule has 1 aromatic carbocycles. The van der Waals surface area contributed by atoms with Crippen LogP contribution in [0.1, 0.15) is 38.2 Å². The highest BCUT2D eigenvalue weighted by Crippen LogP contribution is 2.33. The third-order valence-corrected chi connectivity index (χ3v) is 4.99. The lowest BCUT2D eigenvalue weighted by molar-refractivity contribution is -0.143. The predicted molar refractivity (Wildman–Crippen MR) is 102 cm³/mol. The van der Waals surface area contributed by atoms with Crippen molar-refractivity contribution in [3.05, 3.63) is 40.8 Å². The molecule has 1 saturated heterocycles. The Morgan fingerprint density at radius 1 is 1.29 bits per heavy atom. The van der Waals surface area contributed by atoms with Crippen LogP contribution in [0.2, 0.25) is 0 Å². The second-order valence-electron chi connectivity index (χ2n) is 5.42. The third kappa shape index (κ3) is 5.46. The van der Waals surface area contributed by atoms with Gasteiger partial charge in [0.2, 0.25) is 0 Å². The van der Waals surface area contributed by atoms with Gasteiger partial charge in [-0.05, 0) is 36.2 Å². The number of amides is 1. The highest BCUT2D eigenvalue weighted by Gasteiger charge is 2.31. The van der Waals surface area contributed by atoms with Gasteiger partial charge in [-0.3, -0.25) is 14.5 Å². The number of hydrogen-bond donors (Lipinski definition) is 0. The number of nitrogens with zero attached hydrogens (tertiary/aromatic N) is 1. The molecule has 0 spiro atoms. The van der Waals surface area contributed by atoms with Gasteiger partial charge in [-0.1, -0.05) is 55.9 Å². The minimum Gasteiger partial charge on any atom is -0.466 e. The summed E-state index contributed by atoms with van der Waals surface area (Å²) in [7, 11) is 0. The number of carbonyl (C=O) groups is 2. The Balaban J connectivity index is 1.84. The molecule has 0 radical (unpaired) electrons. The lowest BCUT2D eigenvalue weighted by atomic mass is 10.2. The molecule has 24 heavy (non-hydrogen) atoms. The highest BCUT2D eigenvalue weighted by molar-refractivity contribution is 8.19. The minimum absolute atomic E-state index is 0.0819. The highest BCUT2D eigenvalue weighted by atomic mass is 32.2. The predicted octanol–water partition coefficient (Wildman–Crippen LogP) is 4.65. The number of hydrogen-bond acceptors (Lipinski definition) is 5. The maximum absolute atomic E-state index is 12.1. The monoisotopic (exact) mass is 363 g/mol. The number of ether oxygens (including phenoxy) is 1. The molecule has 2 rings (SSSR count). The molecule has 1 heterocycles. The third-order valence-electron chi connectivity index (χ3n) is 3.49. The summed E-state index contributed by atoms with van der Waals surface area (Å²) in [5.41, 5.74) is 1.01. The molecule has 0 atom stereocenters. The van der Waals surface area contributed by atoms with Crippen LogP contribution >= 0.6 is 24.0 Å². The summed E-state index contributed by atoms with van der Waals surface area (Å²) in [6.45, 7) is 2.96. The van der Waals surface area contributed by atoms with Crippen LogP contribution in [0.3, 0.4) is 0 Å². The van der Waals surface area contributed by atoms with Crippen molar-refractivity contribution in [3.8, 4) is 0 Å². The molecule has 128 valence electrons. The molecule has 1 fully saturated rings. The standard InChI is InChI=1S/C18H21NO3S2/c1-2-3-12-22-16(20)10-7-11-19-17(23)15(24-18(19)21)13-14-8-5-4-6-9-14/h4-6,8-9,13H,2-3,7,10-12H2,1H3/b15-13-. The van der Waals surface area contributed by atoms with Gasteiger partial charge in [-0.2, -0.15) is 0 Å². The fourth-order valence-corrected chi connectivity index (χ4v) is 3.47. The summed E-state index contributed by atoms with van der Waals surface area (Å²) < 4.78 is 5.11. The Hall–Kier alpha value is -1.66. The van der Waals surface area contributed by atoms with Crippen molar-refractivity contribution >= 4 is 46.3 Å². The topological polar surface area (TPSA) is 46.6 Å². The second-order valence-corrected chi connectivity index (χ2v) is 6.80. The molecule has 0 N–H and O–H groups in total. The first-order valence-corrected chi connectivity index (χ1v) is 9.30. The fraction of sp³-hybridized carbons (Fsp3) is 0.389. The first-order chi connectivity index (χ1) is 11.6. The van der Waals surface area contributed by atoms with E-state index in [1.54, 1.807) is 4.90 Å². The average molecular weight is 364 g/mol. The largest absolute Gasteiger partial charge is 0.466 e. The average Bonchev–Trinajstić information content (AvgIpc) is 2.83. The van der Waals surface area contributed by atoms with Crippen LogP contribution in [0.25, 0.3) is 6.08 Å². The van der Waals surface area contributed by atoms with Crippen LogP contribution in [-0.4, -0.2) is 34.2 Å². The van der Waals surface area contributed by atoms with Crippen LogP contribution in [0.4, 0.5) is 4.79 Å². The summed E-state index contributed by atoms with van der Waals surface area (Å²) in [5, 5.41) is -0.0819. The van der Waals surface area contributed by atoms with E-state index in [1.165, 1.54) is 0 Å². The number of thioether (sulfide) groups is 1. The Morgan fingerprint density at radius 2 is 2.04 bits per heavy atom. The van der Waals surface area contributed by atoms with Gasteiger partial charge in [0.15, 0.2) is 0 Å². The molecule has 0 bridgehead atoms. The van der Waals surface area contributed by atoms with Gasteiger partial charge in [0.1, 0.15) is 4.99 Å². The number of unbranched alkanes of at least 4 members (excludes halogenated alkanes) is 1. The van der Waals surface area contributed by atoms with E-state index in [-0.39, 0.29) is 11.2 Å². The van der Waals surface area contributed by atoms with Crippen molar-refractivity contribution < 1.29 is 14.3 Å². The molecule has 0 aromatic heterocycles. The van der Waals surface area contributed by atoms with E-state index >= 15 is 0 Å². The number of rotatable bonds is 8. The molecule has 1 amide bonds. The zero-order chi connectivity index (χ0) is 17.4. The first-order valence-electron chi connectivity index (χ1n) is 8.08. The maximum Gasteiger partial charge on any atom is 0.305 e. The van der Waals surface area contributed by atoms with Crippen molar-refractivity contribution in [3.63, 3.8) is 0 Å². The number of esters is 1. The smallest absolute Gasteiger partial charge is 0.305 e. The summed E-state index contributed by atoms with van der Waals surface area (Å²) in [5.74, 6) is -0.214. The zero-order valence-corrected chi connectivity index (χ0v) is 15.3. The van der Waals surface area contributed by atoms with Gasteiger partial charge < -0.3 is 4.74 Å². The molecule has 1 aromatic rings. The minimum atomic E-state index is -0.214. The Morgan fingerprint density at radius 3 is 2.75 bits per heavy atom. The van der Waals surface area contributed by atoms with Crippen LogP contribution in [0, 0.1) is 0 Å². The van der Waals surface area contributed by atoms with Gasteiger partial charge in [-0.15, -0.1) is 0 Å². The molecular formula is C18H21NO3S2. The molecule has 0 aliphatic carbocycles. The van der Waals surface area contributed by atoms with Crippen molar-refractivity contribution in [2.45, 2.75) is 32.6 Å². The van der Waals surface area contributed by atoms with Crippen LogP contribution in [0.5, 0.6) is 0 Å². The zero-order valence-electron chi connectivity index (χ0n) is 13.7. The van der Waals surface area contributed by atoms with Crippen molar-refractivity contribution in [1.82, 2.24) is 4.90 Å². The van der Waals surface area contributed by atoms with Gasteiger partial charge in [0.25, 0.3) is 5.24 Å². The summed E-state index contributed by atoms with van der Waals surface area (Å²) >= 11 is 6.55. The van der Waals surface area contributed by atoms with E-state index in [0.717, 1.165) is 35.1 Å². The van der Waals surface area contributed by atoms with E-state index in [4.69, 9.17) is 17.0 Å². The maximum atomic E-state index is 12.1. The molecule has 6 heteroatoms. The van der Waals surface area contributed by atoms with E-state index in [2.05, 4.69) is 0 Å². The lowest BCUT2D eigenvalue weighted by Gasteiger charge is -2.14. The normalized spacial score (nSPS) is 16.0. The van der Waals surface area contributed by atoms with Crippen LogP contribution < -0.4 is 0 Å². The van der Waals surface area contributed by atoms with E-state index in [9.17, 15) is 9.59 Å². The number of thiocarbonyl (C=S) groups is 1. The summed E-state index contributed by atoms with van der Waals surface area (Å²) in [4.78, 5) is 26.6. The Bertz CT molecular complexity index is 628. The molecule has 1 aliphatic heterocycles. The SMILES string of the molecule is CCCCOC(=O)CCCN1C(=O)S/C(=C\c2ccccc2)C1=S. The van der Waals surface area contributed by atoms with Gasteiger partial charge in [0, 0.05) is 13.0 Å². The van der Waals surface area contributed by atoms with Gasteiger partial charge in [-0.25, -0.2) is 0 Å². The molecular weight excluding hydrogens is 342 g/mol. The van der Waals surface area contributed by atoms with E-state index in [0.29, 0.717) is 31.0 Å². The fourth-order valence-electron chi connectivity index (χ4n) is 2.18. The Kier molecular flexibility index (Phi) is 7.46. The summed E-state index contributed by atoms with van der Waals surface area (Å²) in [6, 6.07) is 9.77. The van der Waals surface area contributed by atoms with Crippen molar-refractivity contribution in [2.75, 3.05) is 13.2 Å². The molecule has 0 unspecified atom stereocenters. The van der Waals surface area contributed by atoms with E-state index < -0.39 is 0 Å². The molecule has 1 aliphatic rings. The first kappa shape index (κ1) is 18.7. The van der Waals surface area contributed by atoms with Crippen LogP contribution in [-0.2, 0) is 9.53 Å². The van der Waals surface area contributed by atoms with Crippen molar-refractivity contribution in [1.29, 1.82) is 0 Å². The number of carbonyl (C=O) groups excluding carboxylic acids is 2. The lowest BCUT2D eigenvalue weighted by Crippen LogP contribution is -2.28. The van der Waals surface area contributed by atoms with E-state index in [1.807, 2.05) is 43.3 Å². The van der Waals surface area contributed by atoms with Crippen molar-refractivity contribution in [2.24, 2.45) is 0 Å². The Labute approximate surface area is 152 Å². The quantitative estimate of drug-likeness (QED) is 0.291. The number of benzene rings is 1. The van der Waals surface area contributed by atoms with Gasteiger partial charge >= 0.3 is 5.97 Å².